The SMILES string of the molecule is COc1ccc(-c2nc(NC(=O)NCCCC(=O)NO)cc3c4ccccc4n(C)c23)cc1. The summed E-state index contributed by atoms with van der Waals surface area (Å²) < 4.78 is 7.38. The first kappa shape index (κ1) is 22.1. The number of rotatable bonds is 7. The predicted molar refractivity (Wildman–Crippen MR) is 126 cm³/mol. The number of hydrogen-bond acceptors (Lipinski definition) is 5. The van der Waals surface area contributed by atoms with E-state index in [9.17, 15) is 9.59 Å². The molecule has 0 saturated heterocycles. The fourth-order valence-corrected chi connectivity index (χ4v) is 3.88. The number of benzene rings is 2. The van der Waals surface area contributed by atoms with Crippen molar-refractivity contribution in [1.82, 2.24) is 20.3 Å². The molecule has 2 heterocycles. The number of aromatic nitrogens is 2. The first-order chi connectivity index (χ1) is 16.0. The number of fused-ring (bicyclic) bond motifs is 3. The Hall–Kier alpha value is -4.11. The van der Waals surface area contributed by atoms with Crippen LogP contribution in [0.25, 0.3) is 33.1 Å². The van der Waals surface area contributed by atoms with Crippen LogP contribution in [0, 0.1) is 0 Å². The van der Waals surface area contributed by atoms with Gasteiger partial charge in [-0.2, -0.15) is 0 Å². The average Bonchev–Trinajstić information content (AvgIpc) is 3.13. The van der Waals surface area contributed by atoms with Crippen molar-refractivity contribution in [3.8, 4) is 17.0 Å². The van der Waals surface area contributed by atoms with Crippen molar-refractivity contribution in [3.63, 3.8) is 0 Å². The van der Waals surface area contributed by atoms with Crippen molar-refractivity contribution in [2.24, 2.45) is 7.05 Å². The highest BCUT2D eigenvalue weighted by atomic mass is 16.5. The number of amides is 3. The normalized spacial score (nSPS) is 10.9. The van der Waals surface area contributed by atoms with E-state index in [0.717, 1.165) is 38.8 Å². The van der Waals surface area contributed by atoms with E-state index in [4.69, 9.17) is 14.9 Å². The number of nitrogens with one attached hydrogen (secondary N) is 3. The third kappa shape index (κ3) is 4.58. The molecule has 9 heteroatoms. The summed E-state index contributed by atoms with van der Waals surface area (Å²) in [6.07, 6.45) is 0.505. The van der Waals surface area contributed by atoms with Gasteiger partial charge in [-0.05, 0) is 42.8 Å². The molecular formula is C24H25N5O4. The van der Waals surface area contributed by atoms with Gasteiger partial charge in [0.15, 0.2) is 0 Å². The quantitative estimate of drug-likeness (QED) is 0.195. The fraction of sp³-hybridized carbons (Fsp3) is 0.208. The van der Waals surface area contributed by atoms with Crippen molar-refractivity contribution in [3.05, 3.63) is 54.6 Å². The standard InChI is InChI=1S/C24H25N5O4/c1-29-19-7-4-3-6-17(19)18-14-20(27-24(31)25-13-5-8-21(30)28-32)26-22(23(18)29)15-9-11-16(33-2)12-10-15/h3-4,6-7,9-12,14,32H,5,8,13H2,1-2H3,(H,28,30)(H2,25,26,27,31). The van der Waals surface area contributed by atoms with E-state index in [2.05, 4.69) is 21.3 Å². The number of hydroxylamine groups is 1. The van der Waals surface area contributed by atoms with E-state index < -0.39 is 11.9 Å². The lowest BCUT2D eigenvalue weighted by molar-refractivity contribution is -0.129. The lowest BCUT2D eigenvalue weighted by Crippen LogP contribution is -2.30. The summed E-state index contributed by atoms with van der Waals surface area (Å²) in [5, 5.41) is 16.1. The second-order valence-electron chi connectivity index (χ2n) is 7.58. The Kier molecular flexibility index (Phi) is 6.41. The van der Waals surface area contributed by atoms with Gasteiger partial charge in [-0.1, -0.05) is 18.2 Å². The zero-order chi connectivity index (χ0) is 23.4. The lowest BCUT2D eigenvalue weighted by Gasteiger charge is -2.11. The molecule has 4 N–H and O–H groups in total. The highest BCUT2D eigenvalue weighted by Gasteiger charge is 2.17. The molecule has 170 valence electrons. The number of nitrogens with zero attached hydrogens (tertiary/aromatic N) is 2. The van der Waals surface area contributed by atoms with Gasteiger partial charge in [0.05, 0.1) is 18.3 Å². The Balaban J connectivity index is 1.69. The summed E-state index contributed by atoms with van der Waals surface area (Å²) in [4.78, 5) is 28.3. The Labute approximate surface area is 190 Å². The number of urea groups is 1. The average molecular weight is 447 g/mol. The first-order valence-electron chi connectivity index (χ1n) is 10.5. The third-order valence-corrected chi connectivity index (χ3v) is 5.48. The number of carbonyl (C=O) groups excluding carboxylic acids is 2. The van der Waals surface area contributed by atoms with Gasteiger partial charge in [0.1, 0.15) is 11.6 Å². The second kappa shape index (κ2) is 9.58. The number of hydrogen-bond donors (Lipinski definition) is 4. The topological polar surface area (TPSA) is 118 Å². The van der Waals surface area contributed by atoms with Crippen LogP contribution in [-0.4, -0.2) is 40.4 Å². The molecule has 4 rings (SSSR count). The van der Waals surface area contributed by atoms with Crippen LogP contribution in [0.2, 0.25) is 0 Å². The molecule has 2 aromatic carbocycles. The van der Waals surface area contributed by atoms with Gasteiger partial charge < -0.3 is 14.6 Å². The van der Waals surface area contributed by atoms with Crippen LogP contribution in [0.5, 0.6) is 5.75 Å². The van der Waals surface area contributed by atoms with Crippen molar-refractivity contribution in [2.45, 2.75) is 12.8 Å². The molecule has 33 heavy (non-hydrogen) atoms. The van der Waals surface area contributed by atoms with Crippen LogP contribution in [0.3, 0.4) is 0 Å². The molecule has 0 bridgehead atoms. The molecule has 0 aliphatic carbocycles. The largest absolute Gasteiger partial charge is 0.497 e. The van der Waals surface area contributed by atoms with Crippen molar-refractivity contribution < 1.29 is 19.5 Å². The minimum atomic E-state index is -0.496. The van der Waals surface area contributed by atoms with Crippen LogP contribution >= 0.6 is 0 Å². The predicted octanol–water partition coefficient (Wildman–Crippen LogP) is 3.81. The maximum absolute atomic E-state index is 12.4. The molecule has 0 unspecified atom stereocenters. The van der Waals surface area contributed by atoms with E-state index in [0.29, 0.717) is 12.2 Å². The molecule has 3 amide bonds. The van der Waals surface area contributed by atoms with Crippen molar-refractivity contribution in [1.29, 1.82) is 0 Å². The Morgan fingerprint density at radius 3 is 2.58 bits per heavy atom. The molecule has 0 aliphatic rings. The molecule has 9 nitrogen and oxygen atoms in total. The number of aryl methyl sites for hydroxylation is 1. The summed E-state index contributed by atoms with van der Waals surface area (Å²) in [6.45, 7) is 0.279. The van der Waals surface area contributed by atoms with E-state index in [1.165, 1.54) is 0 Å². The Bertz CT molecular complexity index is 1310. The molecule has 2 aromatic heterocycles. The first-order valence-corrected chi connectivity index (χ1v) is 10.5. The van der Waals surface area contributed by atoms with Gasteiger partial charge in [-0.3, -0.25) is 15.3 Å². The van der Waals surface area contributed by atoms with Crippen LogP contribution in [0.4, 0.5) is 10.6 Å². The van der Waals surface area contributed by atoms with Gasteiger partial charge in [0, 0.05) is 41.9 Å². The number of anilines is 1. The van der Waals surface area contributed by atoms with Gasteiger partial charge in [0.25, 0.3) is 0 Å². The smallest absolute Gasteiger partial charge is 0.320 e. The monoisotopic (exact) mass is 447 g/mol. The van der Waals surface area contributed by atoms with E-state index >= 15 is 0 Å². The number of carbonyl (C=O) groups is 2. The Morgan fingerprint density at radius 1 is 1.09 bits per heavy atom. The highest BCUT2D eigenvalue weighted by molar-refractivity contribution is 6.13. The maximum atomic E-state index is 12.4. The number of para-hydroxylation sites is 1. The highest BCUT2D eigenvalue weighted by Crippen LogP contribution is 2.36. The molecule has 0 fully saturated rings. The summed E-state index contributed by atoms with van der Waals surface area (Å²) in [6, 6.07) is 17.1. The number of methoxy groups -OCH3 is 1. The summed E-state index contributed by atoms with van der Waals surface area (Å²) >= 11 is 0. The molecule has 0 saturated carbocycles. The molecule has 0 aliphatic heterocycles. The van der Waals surface area contributed by atoms with Crippen molar-refractivity contribution >= 4 is 39.6 Å². The molecule has 0 spiro atoms. The van der Waals surface area contributed by atoms with Crippen LogP contribution < -0.4 is 20.9 Å². The van der Waals surface area contributed by atoms with Gasteiger partial charge in [0.2, 0.25) is 5.91 Å². The summed E-state index contributed by atoms with van der Waals surface area (Å²) in [5.41, 5.74) is 5.23. The third-order valence-electron chi connectivity index (χ3n) is 5.48. The minimum absolute atomic E-state index is 0.110. The van der Waals surface area contributed by atoms with Crippen molar-refractivity contribution in [2.75, 3.05) is 19.0 Å². The van der Waals surface area contributed by atoms with Crippen LogP contribution in [0.1, 0.15) is 12.8 Å². The van der Waals surface area contributed by atoms with Crippen LogP contribution in [0.15, 0.2) is 54.6 Å². The zero-order valence-corrected chi connectivity index (χ0v) is 18.4. The summed E-state index contributed by atoms with van der Waals surface area (Å²) in [5.74, 6) is 0.662. The number of pyridine rings is 1. The maximum Gasteiger partial charge on any atom is 0.320 e. The van der Waals surface area contributed by atoms with Gasteiger partial charge in [-0.25, -0.2) is 15.3 Å². The Morgan fingerprint density at radius 2 is 1.85 bits per heavy atom. The molecule has 0 radical (unpaired) electrons. The van der Waals surface area contributed by atoms with Crippen LogP contribution in [-0.2, 0) is 11.8 Å². The number of ether oxygens (including phenoxy) is 1. The van der Waals surface area contributed by atoms with E-state index in [1.807, 2.05) is 55.6 Å². The van der Waals surface area contributed by atoms with E-state index in [1.54, 1.807) is 12.6 Å². The molecule has 4 aromatic rings. The minimum Gasteiger partial charge on any atom is -0.497 e. The van der Waals surface area contributed by atoms with Gasteiger partial charge >= 0.3 is 6.03 Å². The fourth-order valence-electron chi connectivity index (χ4n) is 3.88. The van der Waals surface area contributed by atoms with E-state index in [-0.39, 0.29) is 13.0 Å². The summed E-state index contributed by atoms with van der Waals surface area (Å²) in [7, 11) is 3.62. The molecule has 0 atom stereocenters. The van der Waals surface area contributed by atoms with Gasteiger partial charge in [-0.15, -0.1) is 0 Å². The second-order valence-corrected chi connectivity index (χ2v) is 7.58. The zero-order valence-electron chi connectivity index (χ0n) is 18.4. The molecular weight excluding hydrogens is 422 g/mol. The lowest BCUT2D eigenvalue weighted by atomic mass is 10.1.